The lowest BCUT2D eigenvalue weighted by molar-refractivity contribution is -0.229. The van der Waals surface area contributed by atoms with Gasteiger partial charge in [-0.25, -0.2) is 4.79 Å². The monoisotopic (exact) mass is 451 g/mol. The molecule has 1 aliphatic rings. The number of nitrogens with one attached hydrogen (secondary N) is 1. The largest absolute Gasteiger partial charge is 0.461 e. The lowest BCUT2D eigenvalue weighted by Crippen LogP contribution is -2.42. The SMILES string of the molecule is C#Cc1cnc2ccc(C3=NOC(OC)(C(=O)OCCCC(C)NC(C)CCC)C3)cc2c1. The van der Waals surface area contributed by atoms with Crippen LogP contribution in [0.2, 0.25) is 0 Å². The van der Waals surface area contributed by atoms with Crippen molar-refractivity contribution in [2.75, 3.05) is 13.7 Å². The Kier molecular flexibility index (Phi) is 8.43. The van der Waals surface area contributed by atoms with Gasteiger partial charge in [-0.05, 0) is 51.3 Å². The van der Waals surface area contributed by atoms with E-state index in [4.69, 9.17) is 20.7 Å². The molecular weight excluding hydrogens is 418 g/mol. The van der Waals surface area contributed by atoms with Crippen molar-refractivity contribution in [2.45, 2.75) is 70.7 Å². The fourth-order valence-electron chi connectivity index (χ4n) is 4.01. The fourth-order valence-corrected chi connectivity index (χ4v) is 4.01. The van der Waals surface area contributed by atoms with Gasteiger partial charge in [-0.15, -0.1) is 6.42 Å². The van der Waals surface area contributed by atoms with Crippen molar-refractivity contribution in [1.82, 2.24) is 10.3 Å². The molecule has 3 atom stereocenters. The number of benzene rings is 1. The summed E-state index contributed by atoms with van der Waals surface area (Å²) >= 11 is 0. The molecular formula is C26H33N3O4. The summed E-state index contributed by atoms with van der Waals surface area (Å²) < 4.78 is 10.9. The molecule has 0 bridgehead atoms. The van der Waals surface area contributed by atoms with E-state index in [9.17, 15) is 4.79 Å². The predicted octanol–water partition coefficient (Wildman–Crippen LogP) is 4.17. The summed E-state index contributed by atoms with van der Waals surface area (Å²) in [5.74, 6) is 0.453. The number of methoxy groups -OCH3 is 1. The first kappa shape index (κ1) is 24.7. The fraction of sp³-hybridized carbons (Fsp3) is 0.500. The highest BCUT2D eigenvalue weighted by Crippen LogP contribution is 2.30. The third-order valence-corrected chi connectivity index (χ3v) is 5.83. The van der Waals surface area contributed by atoms with Crippen molar-refractivity contribution < 1.29 is 19.1 Å². The first-order valence-electron chi connectivity index (χ1n) is 11.5. The first-order valence-corrected chi connectivity index (χ1v) is 11.5. The van der Waals surface area contributed by atoms with Crippen LogP contribution >= 0.6 is 0 Å². The molecule has 3 unspecified atom stereocenters. The van der Waals surface area contributed by atoms with Gasteiger partial charge in [0.15, 0.2) is 0 Å². The quantitative estimate of drug-likeness (QED) is 0.314. The topological polar surface area (TPSA) is 82.0 Å². The van der Waals surface area contributed by atoms with Gasteiger partial charge in [-0.2, -0.15) is 0 Å². The molecule has 0 saturated heterocycles. The molecule has 0 amide bonds. The smallest absolute Gasteiger partial charge is 0.382 e. The Labute approximate surface area is 195 Å². The van der Waals surface area contributed by atoms with Crippen LogP contribution in [0.5, 0.6) is 0 Å². The highest BCUT2D eigenvalue weighted by Gasteiger charge is 2.49. The number of ether oxygens (including phenoxy) is 2. The summed E-state index contributed by atoms with van der Waals surface area (Å²) in [5.41, 5.74) is 2.93. The number of aromatic nitrogens is 1. The standard InChI is InChI=1S/C26H33N3O4/c1-6-9-18(3)28-19(4)10-8-13-32-25(30)26(31-5)16-24(29-33-26)21-11-12-23-22(15-21)14-20(7-2)17-27-23/h2,11-12,14-15,17-19,28H,6,8-10,13,16H2,1,3-5H3. The number of carbonyl (C=O) groups excluding carboxylic acids is 1. The number of oxime groups is 1. The molecule has 1 aliphatic heterocycles. The molecule has 0 radical (unpaired) electrons. The zero-order valence-electron chi connectivity index (χ0n) is 19.9. The molecule has 0 saturated carbocycles. The van der Waals surface area contributed by atoms with Gasteiger partial charge in [0.2, 0.25) is 0 Å². The van der Waals surface area contributed by atoms with Gasteiger partial charge in [0, 0.05) is 41.9 Å². The first-order chi connectivity index (χ1) is 15.9. The second-order valence-electron chi connectivity index (χ2n) is 8.57. The molecule has 3 rings (SSSR count). The van der Waals surface area contributed by atoms with Crippen LogP contribution in [0.25, 0.3) is 10.9 Å². The van der Waals surface area contributed by atoms with E-state index >= 15 is 0 Å². The maximum atomic E-state index is 12.8. The van der Waals surface area contributed by atoms with E-state index < -0.39 is 11.8 Å². The third kappa shape index (κ3) is 6.10. The molecule has 7 nitrogen and oxygen atoms in total. The van der Waals surface area contributed by atoms with Crippen LogP contribution in [0.3, 0.4) is 0 Å². The van der Waals surface area contributed by atoms with Gasteiger partial charge in [0.05, 0.1) is 24.3 Å². The van der Waals surface area contributed by atoms with E-state index in [1.807, 2.05) is 24.3 Å². The van der Waals surface area contributed by atoms with E-state index in [-0.39, 0.29) is 6.42 Å². The molecule has 2 heterocycles. The summed E-state index contributed by atoms with van der Waals surface area (Å²) in [6.07, 6.45) is 11.3. The molecule has 33 heavy (non-hydrogen) atoms. The average molecular weight is 452 g/mol. The van der Waals surface area contributed by atoms with Crippen molar-refractivity contribution >= 4 is 22.6 Å². The molecule has 1 aromatic carbocycles. The summed E-state index contributed by atoms with van der Waals surface area (Å²) in [7, 11) is 1.42. The summed E-state index contributed by atoms with van der Waals surface area (Å²) in [6.45, 7) is 6.82. The summed E-state index contributed by atoms with van der Waals surface area (Å²) in [4.78, 5) is 22.6. The van der Waals surface area contributed by atoms with Crippen LogP contribution in [-0.2, 0) is 19.1 Å². The Balaban J connectivity index is 1.56. The minimum absolute atomic E-state index is 0.155. The highest BCUT2D eigenvalue weighted by atomic mass is 16.8. The number of fused-ring (bicyclic) bond motifs is 1. The van der Waals surface area contributed by atoms with E-state index in [0.717, 1.165) is 42.1 Å². The van der Waals surface area contributed by atoms with Crippen LogP contribution in [0.15, 0.2) is 35.6 Å². The molecule has 1 aromatic heterocycles. The lowest BCUT2D eigenvalue weighted by Gasteiger charge is -2.23. The number of nitrogens with zero attached hydrogens (tertiary/aromatic N) is 2. The van der Waals surface area contributed by atoms with Gasteiger partial charge in [0.1, 0.15) is 0 Å². The number of hydrogen-bond acceptors (Lipinski definition) is 7. The number of hydrogen-bond donors (Lipinski definition) is 1. The zero-order chi connectivity index (χ0) is 23.8. The zero-order valence-corrected chi connectivity index (χ0v) is 19.9. The normalized spacial score (nSPS) is 19.4. The second kappa shape index (κ2) is 11.3. The molecule has 2 aromatic rings. The Morgan fingerprint density at radius 1 is 1.30 bits per heavy atom. The molecule has 1 N–H and O–H groups in total. The second-order valence-corrected chi connectivity index (χ2v) is 8.57. The lowest BCUT2D eigenvalue weighted by atomic mass is 10.0. The molecule has 7 heteroatoms. The summed E-state index contributed by atoms with van der Waals surface area (Å²) in [6, 6.07) is 8.43. The molecule has 176 valence electrons. The third-order valence-electron chi connectivity index (χ3n) is 5.83. The number of rotatable bonds is 11. The van der Waals surface area contributed by atoms with E-state index in [1.165, 1.54) is 7.11 Å². The Bertz CT molecular complexity index is 1050. The molecule has 0 spiro atoms. The van der Waals surface area contributed by atoms with Crippen molar-refractivity contribution in [2.24, 2.45) is 5.16 Å². The van der Waals surface area contributed by atoms with Crippen molar-refractivity contribution in [3.63, 3.8) is 0 Å². The molecule has 0 fully saturated rings. The average Bonchev–Trinajstić information content (AvgIpc) is 3.27. The van der Waals surface area contributed by atoms with E-state index in [2.05, 4.69) is 42.1 Å². The van der Waals surface area contributed by atoms with Gasteiger partial charge in [-0.1, -0.05) is 30.5 Å². The van der Waals surface area contributed by atoms with Crippen molar-refractivity contribution in [3.05, 3.63) is 41.6 Å². The van der Waals surface area contributed by atoms with Crippen LogP contribution < -0.4 is 5.32 Å². The van der Waals surface area contributed by atoms with E-state index in [1.54, 1.807) is 6.20 Å². The minimum Gasteiger partial charge on any atom is -0.461 e. The van der Waals surface area contributed by atoms with Gasteiger partial charge >= 0.3 is 11.8 Å². The van der Waals surface area contributed by atoms with Crippen molar-refractivity contribution in [1.29, 1.82) is 0 Å². The predicted molar refractivity (Wildman–Crippen MR) is 129 cm³/mol. The summed E-state index contributed by atoms with van der Waals surface area (Å²) in [5, 5.41) is 8.58. The number of terminal acetylenes is 1. The number of esters is 1. The molecule has 0 aliphatic carbocycles. The maximum absolute atomic E-state index is 12.8. The van der Waals surface area contributed by atoms with Gasteiger partial charge in [-0.3, -0.25) is 4.98 Å². The van der Waals surface area contributed by atoms with Gasteiger partial charge < -0.3 is 19.6 Å². The Hall–Kier alpha value is -2.95. The van der Waals surface area contributed by atoms with Crippen LogP contribution in [-0.4, -0.2) is 48.3 Å². The highest BCUT2D eigenvalue weighted by molar-refractivity contribution is 6.06. The number of carbonyl (C=O) groups is 1. The Morgan fingerprint density at radius 2 is 2.09 bits per heavy atom. The van der Waals surface area contributed by atoms with Gasteiger partial charge in [0.25, 0.3) is 0 Å². The maximum Gasteiger partial charge on any atom is 0.382 e. The van der Waals surface area contributed by atoms with Crippen LogP contribution in [0, 0.1) is 12.3 Å². The number of pyridine rings is 1. The minimum atomic E-state index is -1.57. The van der Waals surface area contributed by atoms with Crippen LogP contribution in [0.4, 0.5) is 0 Å². The van der Waals surface area contributed by atoms with E-state index in [0.29, 0.717) is 30.0 Å². The van der Waals surface area contributed by atoms with Crippen molar-refractivity contribution in [3.8, 4) is 12.3 Å². The Morgan fingerprint density at radius 3 is 2.82 bits per heavy atom. The van der Waals surface area contributed by atoms with Crippen LogP contribution in [0.1, 0.15) is 64.0 Å².